The Labute approximate surface area is 284 Å². The third kappa shape index (κ3) is 4.13. The molecule has 0 saturated carbocycles. The number of carbonyl (C=O) groups is 4. The molecular formula is C40H24Cl2N2O4. The van der Waals surface area contributed by atoms with Crippen molar-refractivity contribution in [2.45, 2.75) is 12.8 Å². The monoisotopic (exact) mass is 666 g/mol. The Balaban J connectivity index is 1.16. The lowest BCUT2D eigenvalue weighted by Crippen LogP contribution is -2.41. The van der Waals surface area contributed by atoms with Gasteiger partial charge in [-0.2, -0.15) is 0 Å². The fourth-order valence-corrected chi connectivity index (χ4v) is 8.07. The maximum Gasteiger partial charge on any atom is 0.261 e. The van der Waals surface area contributed by atoms with E-state index in [-0.39, 0.29) is 36.7 Å². The molecule has 48 heavy (non-hydrogen) atoms. The Bertz CT molecular complexity index is 2300. The molecule has 0 aliphatic carbocycles. The van der Waals surface area contributed by atoms with Gasteiger partial charge in [-0.1, -0.05) is 71.7 Å². The highest BCUT2D eigenvalue weighted by Gasteiger charge is 2.36. The summed E-state index contributed by atoms with van der Waals surface area (Å²) in [5.74, 6) is -1.32. The summed E-state index contributed by atoms with van der Waals surface area (Å²) in [5.41, 5.74) is 3.79. The van der Waals surface area contributed by atoms with Gasteiger partial charge >= 0.3 is 0 Å². The number of carbonyl (C=O) groups excluding carboxylic acids is 4. The molecule has 4 amide bonds. The molecular weight excluding hydrogens is 643 g/mol. The Morgan fingerprint density at radius 2 is 0.750 bits per heavy atom. The summed E-state index contributed by atoms with van der Waals surface area (Å²) in [5, 5.41) is 7.58. The molecule has 232 valence electrons. The Morgan fingerprint density at radius 1 is 0.417 bits per heavy atom. The van der Waals surface area contributed by atoms with Crippen molar-refractivity contribution in [1.29, 1.82) is 0 Å². The summed E-state index contributed by atoms with van der Waals surface area (Å²) >= 11 is 12.3. The average molecular weight is 668 g/mol. The summed E-state index contributed by atoms with van der Waals surface area (Å²) in [4.78, 5) is 58.1. The minimum absolute atomic E-state index is 0.230. The Kier molecular flexibility index (Phi) is 6.38. The lowest BCUT2D eigenvalue weighted by Gasteiger charge is -2.30. The second-order valence-corrected chi connectivity index (χ2v) is 13.3. The molecule has 0 aromatic heterocycles. The zero-order chi connectivity index (χ0) is 32.8. The number of benzene rings is 7. The van der Waals surface area contributed by atoms with E-state index in [1.54, 1.807) is 36.4 Å². The van der Waals surface area contributed by atoms with Gasteiger partial charge in [-0.15, -0.1) is 0 Å². The molecule has 0 unspecified atom stereocenters. The largest absolute Gasteiger partial charge is 0.274 e. The van der Waals surface area contributed by atoms with Crippen molar-refractivity contribution < 1.29 is 19.2 Å². The Hall–Kier alpha value is -5.30. The quantitative estimate of drug-likeness (QED) is 0.101. The number of hydrogen-bond donors (Lipinski definition) is 0. The third-order valence-electron chi connectivity index (χ3n) is 9.83. The fourth-order valence-electron chi connectivity index (χ4n) is 7.64. The number of nitrogens with zero attached hydrogens (tertiary/aromatic N) is 2. The van der Waals surface area contributed by atoms with E-state index >= 15 is 0 Å². The lowest BCUT2D eigenvalue weighted by molar-refractivity contribution is 0.0597. The minimum atomic E-state index is -0.330. The molecule has 0 spiro atoms. The molecule has 0 atom stereocenters. The van der Waals surface area contributed by atoms with Crippen molar-refractivity contribution in [3.63, 3.8) is 0 Å². The summed E-state index contributed by atoms with van der Waals surface area (Å²) < 4.78 is 0. The molecule has 8 heteroatoms. The molecule has 7 aromatic rings. The van der Waals surface area contributed by atoms with Crippen molar-refractivity contribution in [3.8, 4) is 0 Å². The van der Waals surface area contributed by atoms with Gasteiger partial charge in [0, 0.05) is 56.2 Å². The molecule has 0 saturated heterocycles. The summed E-state index contributed by atoms with van der Waals surface area (Å²) in [6.45, 7) is 0.461. The molecule has 7 aromatic carbocycles. The summed E-state index contributed by atoms with van der Waals surface area (Å²) in [7, 11) is 0. The third-order valence-corrected chi connectivity index (χ3v) is 10.3. The van der Waals surface area contributed by atoms with E-state index in [2.05, 4.69) is 0 Å². The molecule has 0 bridgehead atoms. The number of rotatable bonds is 6. The van der Waals surface area contributed by atoms with Gasteiger partial charge in [0.25, 0.3) is 23.6 Å². The first-order valence-electron chi connectivity index (χ1n) is 15.7. The van der Waals surface area contributed by atoms with Crippen LogP contribution in [0, 0.1) is 0 Å². The van der Waals surface area contributed by atoms with Crippen LogP contribution in [-0.4, -0.2) is 46.5 Å². The van der Waals surface area contributed by atoms with Crippen LogP contribution in [0.15, 0.2) is 97.1 Å². The molecule has 9 rings (SSSR count). The maximum absolute atomic E-state index is 13.9. The first kappa shape index (κ1) is 28.9. The first-order valence-corrected chi connectivity index (χ1v) is 16.5. The predicted octanol–water partition coefficient (Wildman–Crippen LogP) is 8.72. The average Bonchev–Trinajstić information content (AvgIpc) is 3.09. The van der Waals surface area contributed by atoms with Gasteiger partial charge in [0.2, 0.25) is 0 Å². The molecule has 2 aliphatic heterocycles. The van der Waals surface area contributed by atoms with E-state index < -0.39 is 0 Å². The van der Waals surface area contributed by atoms with Crippen LogP contribution in [-0.2, 0) is 12.8 Å². The number of hydrogen-bond acceptors (Lipinski definition) is 4. The van der Waals surface area contributed by atoms with Crippen LogP contribution in [0.4, 0.5) is 0 Å². The van der Waals surface area contributed by atoms with Crippen LogP contribution in [0.5, 0.6) is 0 Å². The topological polar surface area (TPSA) is 74.8 Å². The minimum Gasteiger partial charge on any atom is -0.274 e. The lowest BCUT2D eigenvalue weighted by atomic mass is 9.82. The number of fused-ring (bicyclic) bond motifs is 2. The molecule has 2 heterocycles. The smallest absolute Gasteiger partial charge is 0.261 e. The summed E-state index contributed by atoms with van der Waals surface area (Å²) in [6, 6.07) is 29.7. The van der Waals surface area contributed by atoms with Crippen LogP contribution in [0.1, 0.15) is 52.6 Å². The standard InChI is InChI=1S/C40H24Cl2N2O4/c41-23-5-1-3-21(19-23)15-17-43-37(45)29-11-7-25-27-9-13-31-36-32(40(48)44(39(31)47)18-16-22-4-2-6-24(42)20-22)14-10-28(34(27)36)26-8-12-30(38(43)46)35(29)33(25)26/h1-14,19-20H,15-18H2. The highest BCUT2D eigenvalue weighted by Crippen LogP contribution is 2.46. The number of amides is 4. The van der Waals surface area contributed by atoms with E-state index in [4.69, 9.17) is 23.2 Å². The van der Waals surface area contributed by atoms with E-state index in [9.17, 15) is 19.2 Å². The van der Waals surface area contributed by atoms with Crippen LogP contribution in [0.3, 0.4) is 0 Å². The van der Waals surface area contributed by atoms with Gasteiger partial charge in [0.05, 0.1) is 0 Å². The van der Waals surface area contributed by atoms with Crippen LogP contribution in [0.2, 0.25) is 10.0 Å². The van der Waals surface area contributed by atoms with Gasteiger partial charge < -0.3 is 0 Å². The molecule has 6 nitrogen and oxygen atoms in total. The van der Waals surface area contributed by atoms with Crippen LogP contribution < -0.4 is 0 Å². The van der Waals surface area contributed by atoms with E-state index in [1.807, 2.05) is 60.7 Å². The van der Waals surface area contributed by atoms with Crippen molar-refractivity contribution in [3.05, 3.63) is 140 Å². The maximum atomic E-state index is 13.9. The van der Waals surface area contributed by atoms with Gasteiger partial charge in [-0.05, 0) is 105 Å². The van der Waals surface area contributed by atoms with E-state index in [0.29, 0.717) is 55.9 Å². The highest BCUT2D eigenvalue weighted by atomic mass is 35.5. The zero-order valence-electron chi connectivity index (χ0n) is 25.3. The van der Waals surface area contributed by atoms with Gasteiger partial charge in [-0.25, -0.2) is 0 Å². The van der Waals surface area contributed by atoms with E-state index in [1.165, 1.54) is 9.80 Å². The van der Waals surface area contributed by atoms with Crippen molar-refractivity contribution in [1.82, 2.24) is 9.80 Å². The molecule has 0 radical (unpaired) electrons. The molecule has 2 aliphatic rings. The van der Waals surface area contributed by atoms with Crippen molar-refractivity contribution in [2.24, 2.45) is 0 Å². The van der Waals surface area contributed by atoms with Crippen molar-refractivity contribution in [2.75, 3.05) is 13.1 Å². The molecule has 0 fully saturated rings. The SMILES string of the molecule is O=C1c2ccc3c4ccc5c6c(ccc(c7ccc(c2c37)C(=O)N1CCc1cccc(Cl)c1)c64)C(=O)N(CCc1cccc(Cl)c1)C5=O. The van der Waals surface area contributed by atoms with E-state index in [0.717, 1.165) is 43.4 Å². The second-order valence-electron chi connectivity index (χ2n) is 12.4. The second kappa shape index (κ2) is 10.6. The zero-order valence-corrected chi connectivity index (χ0v) is 26.9. The number of imide groups is 2. The van der Waals surface area contributed by atoms with Gasteiger partial charge in [-0.3, -0.25) is 29.0 Å². The van der Waals surface area contributed by atoms with Crippen LogP contribution in [0.25, 0.3) is 43.1 Å². The normalized spacial score (nSPS) is 14.5. The Morgan fingerprint density at radius 3 is 1.06 bits per heavy atom. The van der Waals surface area contributed by atoms with Gasteiger partial charge in [0.1, 0.15) is 0 Å². The fraction of sp³-hybridized carbons (Fsp3) is 0.100. The first-order chi connectivity index (χ1) is 23.3. The predicted molar refractivity (Wildman–Crippen MR) is 189 cm³/mol. The van der Waals surface area contributed by atoms with Crippen molar-refractivity contribution >= 4 is 89.9 Å². The molecule has 0 N–H and O–H groups in total. The van der Waals surface area contributed by atoms with Gasteiger partial charge in [0.15, 0.2) is 0 Å². The highest BCUT2D eigenvalue weighted by molar-refractivity contribution is 6.41. The summed E-state index contributed by atoms with van der Waals surface area (Å²) in [6.07, 6.45) is 0.977. The number of halogens is 2. The van der Waals surface area contributed by atoms with Crippen LogP contribution >= 0.6 is 23.2 Å².